The van der Waals surface area contributed by atoms with Crippen molar-refractivity contribution in [2.75, 3.05) is 18.0 Å². The van der Waals surface area contributed by atoms with Gasteiger partial charge in [-0.15, -0.1) is 0 Å². The number of urea groups is 1. The Balaban J connectivity index is 1.87. The maximum atomic E-state index is 14.1. The molecule has 0 unspecified atom stereocenters. The van der Waals surface area contributed by atoms with Crippen molar-refractivity contribution in [2.45, 2.75) is 6.42 Å². The summed E-state index contributed by atoms with van der Waals surface area (Å²) in [4.78, 5) is 13.8. The SMILES string of the molecule is O=C1NCCCN1c1cccc2c1cnn2-c1ccccc1F. The maximum absolute atomic E-state index is 14.1. The molecular weight excluding hydrogens is 295 g/mol. The number of hydrogen-bond acceptors (Lipinski definition) is 2. The van der Waals surface area contributed by atoms with Gasteiger partial charge in [-0.2, -0.15) is 5.10 Å². The number of fused-ring (bicyclic) bond motifs is 1. The van der Waals surface area contributed by atoms with Crippen LogP contribution in [0.5, 0.6) is 0 Å². The number of benzene rings is 2. The number of para-hydroxylation sites is 1. The zero-order chi connectivity index (χ0) is 15.8. The van der Waals surface area contributed by atoms with Gasteiger partial charge in [0.25, 0.3) is 0 Å². The maximum Gasteiger partial charge on any atom is 0.321 e. The van der Waals surface area contributed by atoms with Crippen LogP contribution in [-0.2, 0) is 0 Å². The highest BCUT2D eigenvalue weighted by atomic mass is 19.1. The number of halogens is 1. The first-order chi connectivity index (χ1) is 11.3. The third kappa shape index (κ3) is 2.23. The summed E-state index contributed by atoms with van der Waals surface area (Å²) < 4.78 is 15.6. The second-order valence-electron chi connectivity index (χ2n) is 5.45. The normalized spacial score (nSPS) is 15.0. The second-order valence-corrected chi connectivity index (χ2v) is 5.45. The zero-order valence-electron chi connectivity index (χ0n) is 12.4. The smallest absolute Gasteiger partial charge is 0.321 e. The largest absolute Gasteiger partial charge is 0.338 e. The topological polar surface area (TPSA) is 50.2 Å². The van der Waals surface area contributed by atoms with E-state index >= 15 is 0 Å². The van der Waals surface area contributed by atoms with Crippen molar-refractivity contribution in [1.29, 1.82) is 0 Å². The molecule has 1 N–H and O–H groups in total. The number of amides is 2. The highest BCUT2D eigenvalue weighted by molar-refractivity contribution is 6.02. The Labute approximate surface area is 132 Å². The van der Waals surface area contributed by atoms with E-state index in [0.717, 1.165) is 23.0 Å². The van der Waals surface area contributed by atoms with Gasteiger partial charge in [0, 0.05) is 18.5 Å². The molecule has 1 aliphatic heterocycles. The highest BCUT2D eigenvalue weighted by Gasteiger charge is 2.22. The van der Waals surface area contributed by atoms with Gasteiger partial charge in [0.15, 0.2) is 0 Å². The van der Waals surface area contributed by atoms with Gasteiger partial charge < -0.3 is 5.32 Å². The fraction of sp³-hybridized carbons (Fsp3) is 0.176. The van der Waals surface area contributed by atoms with Crippen LogP contribution in [0.1, 0.15) is 6.42 Å². The molecule has 6 heteroatoms. The number of aromatic nitrogens is 2. The molecule has 2 amide bonds. The molecule has 2 heterocycles. The monoisotopic (exact) mass is 310 g/mol. The molecule has 5 nitrogen and oxygen atoms in total. The summed E-state index contributed by atoms with van der Waals surface area (Å²) in [6.45, 7) is 1.36. The van der Waals surface area contributed by atoms with Crippen molar-refractivity contribution in [2.24, 2.45) is 0 Å². The Morgan fingerprint density at radius 1 is 1.09 bits per heavy atom. The van der Waals surface area contributed by atoms with Crippen LogP contribution in [0.15, 0.2) is 48.7 Å². The van der Waals surface area contributed by atoms with Gasteiger partial charge in [-0.3, -0.25) is 4.90 Å². The van der Waals surface area contributed by atoms with Gasteiger partial charge in [0.2, 0.25) is 0 Å². The van der Waals surface area contributed by atoms with Crippen LogP contribution < -0.4 is 10.2 Å². The first-order valence-corrected chi connectivity index (χ1v) is 7.53. The quantitative estimate of drug-likeness (QED) is 0.791. The number of hydrogen-bond donors (Lipinski definition) is 1. The molecule has 0 atom stereocenters. The Kier molecular flexibility index (Phi) is 3.22. The predicted molar refractivity (Wildman–Crippen MR) is 86.4 cm³/mol. The van der Waals surface area contributed by atoms with Crippen molar-refractivity contribution in [3.63, 3.8) is 0 Å². The van der Waals surface area contributed by atoms with E-state index in [0.29, 0.717) is 18.8 Å². The van der Waals surface area contributed by atoms with Crippen LogP contribution in [0.2, 0.25) is 0 Å². The van der Waals surface area contributed by atoms with E-state index in [9.17, 15) is 9.18 Å². The Morgan fingerprint density at radius 3 is 2.74 bits per heavy atom. The minimum Gasteiger partial charge on any atom is -0.338 e. The lowest BCUT2D eigenvalue weighted by molar-refractivity contribution is 0.243. The lowest BCUT2D eigenvalue weighted by atomic mass is 10.2. The Hall–Kier alpha value is -2.89. The summed E-state index contributed by atoms with van der Waals surface area (Å²) in [6, 6.07) is 12.0. The fourth-order valence-electron chi connectivity index (χ4n) is 2.95. The lowest BCUT2D eigenvalue weighted by Crippen LogP contribution is -2.46. The fourth-order valence-corrected chi connectivity index (χ4v) is 2.95. The van der Waals surface area contributed by atoms with Crippen molar-refractivity contribution in [1.82, 2.24) is 15.1 Å². The van der Waals surface area contributed by atoms with Gasteiger partial charge in [0.05, 0.1) is 17.4 Å². The molecule has 0 aliphatic carbocycles. The van der Waals surface area contributed by atoms with Crippen LogP contribution in [0.4, 0.5) is 14.9 Å². The molecule has 1 fully saturated rings. The number of nitrogens with one attached hydrogen (secondary N) is 1. The molecule has 0 radical (unpaired) electrons. The average molecular weight is 310 g/mol. The number of rotatable bonds is 2. The molecule has 3 aromatic rings. The summed E-state index contributed by atoms with van der Waals surface area (Å²) in [6.07, 6.45) is 2.57. The van der Waals surface area contributed by atoms with Crippen molar-refractivity contribution < 1.29 is 9.18 Å². The highest BCUT2D eigenvalue weighted by Crippen LogP contribution is 2.29. The summed E-state index contributed by atoms with van der Waals surface area (Å²) in [5.74, 6) is -0.335. The lowest BCUT2D eigenvalue weighted by Gasteiger charge is -2.27. The minimum absolute atomic E-state index is 0.109. The Morgan fingerprint density at radius 2 is 1.91 bits per heavy atom. The molecule has 0 bridgehead atoms. The van der Waals surface area contributed by atoms with Crippen molar-refractivity contribution in [3.8, 4) is 5.69 Å². The van der Waals surface area contributed by atoms with Gasteiger partial charge in [-0.05, 0) is 30.7 Å². The van der Waals surface area contributed by atoms with E-state index in [1.165, 1.54) is 6.07 Å². The molecule has 116 valence electrons. The van der Waals surface area contributed by atoms with Gasteiger partial charge in [-0.25, -0.2) is 13.9 Å². The third-order valence-corrected chi connectivity index (χ3v) is 4.04. The summed E-state index contributed by atoms with van der Waals surface area (Å²) in [5, 5.41) is 7.99. The van der Waals surface area contributed by atoms with E-state index in [-0.39, 0.29) is 11.8 Å². The standard InChI is InChI=1S/C17H15FN4O/c18-13-5-1-2-6-16(13)22-15-8-3-7-14(12(15)11-20-22)21-10-4-9-19-17(21)23/h1-3,5-8,11H,4,9-10H2,(H,19,23). The van der Waals surface area contributed by atoms with Crippen LogP contribution in [0.25, 0.3) is 16.6 Å². The minimum atomic E-state index is -0.335. The molecule has 23 heavy (non-hydrogen) atoms. The molecule has 0 spiro atoms. The summed E-state index contributed by atoms with van der Waals surface area (Å²) in [5.41, 5.74) is 1.95. The van der Waals surface area contributed by atoms with Crippen LogP contribution in [0, 0.1) is 5.82 Å². The predicted octanol–water partition coefficient (Wildman–Crippen LogP) is 3.08. The van der Waals surface area contributed by atoms with Crippen molar-refractivity contribution >= 4 is 22.6 Å². The molecule has 4 rings (SSSR count). The van der Waals surface area contributed by atoms with E-state index in [1.54, 1.807) is 34.0 Å². The summed E-state index contributed by atoms with van der Waals surface area (Å²) in [7, 11) is 0. The second kappa shape index (κ2) is 5.39. The Bertz CT molecular complexity index is 889. The molecule has 2 aromatic carbocycles. The number of carbonyl (C=O) groups excluding carboxylic acids is 1. The first-order valence-electron chi connectivity index (χ1n) is 7.53. The molecule has 1 aromatic heterocycles. The van der Waals surface area contributed by atoms with Crippen LogP contribution in [0.3, 0.4) is 0 Å². The third-order valence-electron chi connectivity index (χ3n) is 4.04. The number of carbonyl (C=O) groups is 1. The molecular formula is C17H15FN4O. The van der Waals surface area contributed by atoms with Gasteiger partial charge in [-0.1, -0.05) is 18.2 Å². The van der Waals surface area contributed by atoms with E-state index < -0.39 is 0 Å². The average Bonchev–Trinajstić information content (AvgIpc) is 3.00. The molecule has 0 saturated carbocycles. The van der Waals surface area contributed by atoms with Gasteiger partial charge in [0.1, 0.15) is 11.5 Å². The first kappa shape index (κ1) is 13.8. The van der Waals surface area contributed by atoms with E-state index in [4.69, 9.17) is 0 Å². The van der Waals surface area contributed by atoms with E-state index in [1.807, 2.05) is 18.2 Å². The molecule has 1 aliphatic rings. The molecule has 1 saturated heterocycles. The van der Waals surface area contributed by atoms with Crippen molar-refractivity contribution in [3.05, 3.63) is 54.5 Å². The van der Waals surface area contributed by atoms with Crippen LogP contribution in [-0.4, -0.2) is 28.9 Å². The van der Waals surface area contributed by atoms with E-state index in [2.05, 4.69) is 10.4 Å². The zero-order valence-corrected chi connectivity index (χ0v) is 12.4. The van der Waals surface area contributed by atoms with Crippen LogP contribution >= 0.6 is 0 Å². The number of nitrogens with zero attached hydrogens (tertiary/aromatic N) is 3. The summed E-state index contributed by atoms with van der Waals surface area (Å²) >= 11 is 0. The number of anilines is 1. The van der Waals surface area contributed by atoms with Gasteiger partial charge >= 0.3 is 6.03 Å².